The molecule has 1 aliphatic heterocycles. The molecule has 0 unspecified atom stereocenters. The Bertz CT molecular complexity index is 596. The average molecular weight is 279 g/mol. The van der Waals surface area contributed by atoms with Gasteiger partial charge in [-0.25, -0.2) is 0 Å². The lowest BCUT2D eigenvalue weighted by molar-refractivity contribution is -0.250. The molecule has 2 heterocycles. The summed E-state index contributed by atoms with van der Waals surface area (Å²) in [5, 5.41) is 39.9. The molecule has 0 spiro atoms. The number of nitrogens with zero attached hydrogens (tertiary/aromatic N) is 1. The Morgan fingerprint density at radius 2 is 1.75 bits per heavy atom. The fourth-order valence-corrected chi connectivity index (χ4v) is 2.64. The predicted octanol–water partition coefficient (Wildman–Crippen LogP) is -0.386. The van der Waals surface area contributed by atoms with Crippen molar-refractivity contribution < 1.29 is 25.2 Å². The van der Waals surface area contributed by atoms with Gasteiger partial charge in [-0.3, -0.25) is 0 Å². The van der Waals surface area contributed by atoms with E-state index in [4.69, 9.17) is 4.74 Å². The second-order valence-corrected chi connectivity index (χ2v) is 5.00. The number of hydrogen-bond donors (Lipinski definition) is 4. The molecule has 4 N–H and O–H groups in total. The molecule has 6 heteroatoms. The van der Waals surface area contributed by atoms with Crippen LogP contribution in [0.25, 0.3) is 10.9 Å². The molecule has 5 atom stereocenters. The lowest BCUT2D eigenvalue weighted by Gasteiger charge is -2.40. The minimum Gasteiger partial charge on any atom is -0.394 e. The Balaban J connectivity index is 2.00. The van der Waals surface area contributed by atoms with Crippen molar-refractivity contribution in [3.05, 3.63) is 36.5 Å². The summed E-state index contributed by atoms with van der Waals surface area (Å²) in [7, 11) is 0. The number of rotatable bonds is 2. The normalized spacial score (nSPS) is 34.5. The van der Waals surface area contributed by atoms with Crippen LogP contribution in [0.5, 0.6) is 0 Å². The Morgan fingerprint density at radius 1 is 1.00 bits per heavy atom. The molecule has 1 saturated heterocycles. The first-order valence-corrected chi connectivity index (χ1v) is 6.49. The minimum absolute atomic E-state index is 0.430. The van der Waals surface area contributed by atoms with Crippen LogP contribution in [0.3, 0.4) is 0 Å². The summed E-state index contributed by atoms with van der Waals surface area (Å²) in [5.41, 5.74) is 0.844. The van der Waals surface area contributed by atoms with E-state index in [-0.39, 0.29) is 0 Å². The molecule has 2 aromatic rings. The van der Waals surface area contributed by atoms with Crippen LogP contribution >= 0.6 is 0 Å². The summed E-state index contributed by atoms with van der Waals surface area (Å²) in [6.07, 6.45) is -3.99. The van der Waals surface area contributed by atoms with Gasteiger partial charge >= 0.3 is 0 Å². The zero-order valence-electron chi connectivity index (χ0n) is 10.7. The van der Waals surface area contributed by atoms with Gasteiger partial charge in [0.05, 0.1) is 12.1 Å². The molecule has 0 radical (unpaired) electrons. The molecule has 0 aliphatic carbocycles. The lowest BCUT2D eigenvalue weighted by Crippen LogP contribution is -2.56. The lowest BCUT2D eigenvalue weighted by atomic mass is 9.98. The molecule has 0 bridgehead atoms. The maximum absolute atomic E-state index is 10.1. The van der Waals surface area contributed by atoms with Gasteiger partial charge < -0.3 is 29.7 Å². The summed E-state index contributed by atoms with van der Waals surface area (Å²) in [6, 6.07) is 9.44. The van der Waals surface area contributed by atoms with Crippen LogP contribution in [0.1, 0.15) is 6.23 Å². The number of fused-ring (bicyclic) bond motifs is 1. The Morgan fingerprint density at radius 3 is 2.50 bits per heavy atom. The van der Waals surface area contributed by atoms with E-state index in [1.165, 1.54) is 0 Å². The van der Waals surface area contributed by atoms with Gasteiger partial charge in [0.15, 0.2) is 6.23 Å². The van der Waals surface area contributed by atoms with Crippen LogP contribution in [0, 0.1) is 0 Å². The SMILES string of the molecule is OC[C@H]1O[C@@H](n2ccc3ccccc32)[C@@H](O)[C@@H](O)[C@@H]1O. The highest BCUT2D eigenvalue weighted by Gasteiger charge is 2.44. The third-order valence-corrected chi connectivity index (χ3v) is 3.77. The topological polar surface area (TPSA) is 95.1 Å². The highest BCUT2D eigenvalue weighted by Crippen LogP contribution is 2.31. The van der Waals surface area contributed by atoms with E-state index in [1.54, 1.807) is 10.8 Å². The van der Waals surface area contributed by atoms with Crippen LogP contribution in [0.4, 0.5) is 0 Å². The van der Waals surface area contributed by atoms with Crippen molar-refractivity contribution in [2.75, 3.05) is 6.61 Å². The van der Waals surface area contributed by atoms with Crippen molar-refractivity contribution in [2.45, 2.75) is 30.6 Å². The van der Waals surface area contributed by atoms with Gasteiger partial charge in [-0.2, -0.15) is 0 Å². The van der Waals surface area contributed by atoms with E-state index in [9.17, 15) is 20.4 Å². The van der Waals surface area contributed by atoms with Crippen LogP contribution in [0.2, 0.25) is 0 Å². The molecule has 1 aromatic carbocycles. The molecule has 1 fully saturated rings. The summed E-state index contributed by atoms with van der Waals surface area (Å²) >= 11 is 0. The zero-order chi connectivity index (χ0) is 14.3. The maximum Gasteiger partial charge on any atom is 0.163 e. The van der Waals surface area contributed by atoms with E-state index < -0.39 is 37.3 Å². The van der Waals surface area contributed by atoms with Gasteiger partial charge in [-0.1, -0.05) is 18.2 Å². The fraction of sp³-hybridized carbons (Fsp3) is 0.429. The van der Waals surface area contributed by atoms with Crippen LogP contribution in [0.15, 0.2) is 36.5 Å². The van der Waals surface area contributed by atoms with Crippen molar-refractivity contribution in [3.63, 3.8) is 0 Å². The summed E-state index contributed by atoms with van der Waals surface area (Å²) in [6.45, 7) is -0.430. The van der Waals surface area contributed by atoms with Gasteiger partial charge in [0.1, 0.15) is 24.4 Å². The van der Waals surface area contributed by atoms with Gasteiger partial charge in [0, 0.05) is 6.20 Å². The number of aliphatic hydroxyl groups is 4. The second-order valence-electron chi connectivity index (χ2n) is 5.00. The smallest absolute Gasteiger partial charge is 0.163 e. The first kappa shape index (κ1) is 13.5. The van der Waals surface area contributed by atoms with Gasteiger partial charge in [0.25, 0.3) is 0 Å². The monoisotopic (exact) mass is 279 g/mol. The van der Waals surface area contributed by atoms with Crippen molar-refractivity contribution in [3.8, 4) is 0 Å². The average Bonchev–Trinajstić information content (AvgIpc) is 2.89. The summed E-state index contributed by atoms with van der Waals surface area (Å²) in [5.74, 6) is 0. The zero-order valence-corrected chi connectivity index (χ0v) is 10.7. The fourth-order valence-electron chi connectivity index (χ4n) is 2.64. The Labute approximate surface area is 115 Å². The van der Waals surface area contributed by atoms with E-state index in [0.29, 0.717) is 0 Å². The molecule has 0 saturated carbocycles. The quantitative estimate of drug-likeness (QED) is 0.601. The van der Waals surface area contributed by atoms with Crippen molar-refractivity contribution in [2.24, 2.45) is 0 Å². The van der Waals surface area contributed by atoms with E-state index in [1.807, 2.05) is 30.3 Å². The van der Waals surface area contributed by atoms with Crippen molar-refractivity contribution >= 4 is 10.9 Å². The third kappa shape index (κ3) is 2.02. The largest absolute Gasteiger partial charge is 0.394 e. The third-order valence-electron chi connectivity index (χ3n) is 3.77. The number of ether oxygens (including phenoxy) is 1. The van der Waals surface area contributed by atoms with Gasteiger partial charge in [-0.05, 0) is 17.5 Å². The van der Waals surface area contributed by atoms with Crippen LogP contribution in [-0.4, -0.2) is 56.0 Å². The first-order chi connectivity index (χ1) is 9.63. The molecule has 6 nitrogen and oxygen atoms in total. The molecule has 1 aromatic heterocycles. The van der Waals surface area contributed by atoms with E-state index >= 15 is 0 Å². The molecular weight excluding hydrogens is 262 g/mol. The number of aliphatic hydroxyl groups excluding tert-OH is 4. The highest BCUT2D eigenvalue weighted by molar-refractivity contribution is 5.80. The first-order valence-electron chi connectivity index (χ1n) is 6.49. The molecule has 0 amide bonds. The van der Waals surface area contributed by atoms with Gasteiger partial charge in [-0.15, -0.1) is 0 Å². The van der Waals surface area contributed by atoms with Crippen LogP contribution in [-0.2, 0) is 4.74 Å². The molecule has 108 valence electrons. The van der Waals surface area contributed by atoms with E-state index in [2.05, 4.69) is 0 Å². The standard InChI is InChI=1S/C14H17NO5/c16-7-10-11(17)12(18)13(19)14(20-10)15-6-5-8-3-1-2-4-9(8)15/h1-6,10-14,16-19H,7H2/t10-,11-,12+,13+,14-/m1/s1. The number of aromatic nitrogens is 1. The van der Waals surface area contributed by atoms with Crippen molar-refractivity contribution in [1.82, 2.24) is 4.57 Å². The Kier molecular flexibility index (Phi) is 3.49. The number of hydrogen-bond acceptors (Lipinski definition) is 5. The van der Waals surface area contributed by atoms with Crippen molar-refractivity contribution in [1.29, 1.82) is 0 Å². The second kappa shape index (κ2) is 5.16. The molecule has 20 heavy (non-hydrogen) atoms. The molecule has 1 aliphatic rings. The number of benzene rings is 1. The van der Waals surface area contributed by atoms with Gasteiger partial charge in [0.2, 0.25) is 0 Å². The minimum atomic E-state index is -1.37. The molecular formula is C14H17NO5. The van der Waals surface area contributed by atoms with Crippen LogP contribution < -0.4 is 0 Å². The summed E-state index contributed by atoms with van der Waals surface area (Å²) < 4.78 is 7.23. The highest BCUT2D eigenvalue weighted by atomic mass is 16.6. The molecule has 3 rings (SSSR count). The predicted molar refractivity (Wildman–Crippen MR) is 71.0 cm³/mol. The Hall–Kier alpha value is -1.44. The summed E-state index contributed by atoms with van der Waals surface area (Å²) in [4.78, 5) is 0. The number of para-hydroxylation sites is 1. The maximum atomic E-state index is 10.1. The van der Waals surface area contributed by atoms with E-state index in [0.717, 1.165) is 10.9 Å².